The fourth-order valence-corrected chi connectivity index (χ4v) is 2.67. The molecular weight excluding hydrogens is 405 g/mol. The maximum Gasteiger partial charge on any atom is 0.416 e. The Bertz CT molecular complexity index is 529. The molecule has 1 N–H and O–H groups in total. The summed E-state index contributed by atoms with van der Waals surface area (Å²) in [6.45, 7) is 0.833. The van der Waals surface area contributed by atoms with Gasteiger partial charge in [-0.2, -0.15) is 26.3 Å². The first-order valence-corrected chi connectivity index (χ1v) is 6.86. The molecule has 0 spiro atoms. The van der Waals surface area contributed by atoms with Crippen molar-refractivity contribution in [3.63, 3.8) is 0 Å². The van der Waals surface area contributed by atoms with Crippen LogP contribution in [0.4, 0.5) is 26.3 Å². The van der Waals surface area contributed by atoms with E-state index in [1.807, 2.05) is 0 Å². The first-order chi connectivity index (χ1) is 10.1. The summed E-state index contributed by atoms with van der Waals surface area (Å²) in [5.41, 5.74) is -1.71. The molecule has 0 radical (unpaired) electrons. The standard InChI is InChI=1S/C13H13ClF6N2.2ClH/c14-10-2-1-8(12(15,16)17)7-9(10)11(13(18,19)20)22-5-3-21-4-6-22;;/h1-2,7,11,21H,3-6H2;2*1H/t11-;;/m1../s1. The minimum Gasteiger partial charge on any atom is -0.314 e. The Hall–Kier alpha value is -0.410. The summed E-state index contributed by atoms with van der Waals surface area (Å²) in [5, 5.41) is 2.58. The van der Waals surface area contributed by atoms with Gasteiger partial charge in [0.2, 0.25) is 0 Å². The fourth-order valence-electron chi connectivity index (χ4n) is 2.45. The monoisotopic (exact) mass is 418 g/mol. The van der Waals surface area contributed by atoms with E-state index >= 15 is 0 Å². The molecule has 0 aliphatic carbocycles. The Morgan fingerprint density at radius 3 is 2.00 bits per heavy atom. The van der Waals surface area contributed by atoms with E-state index in [1.165, 1.54) is 0 Å². The van der Waals surface area contributed by atoms with E-state index in [4.69, 9.17) is 11.6 Å². The van der Waals surface area contributed by atoms with Crippen LogP contribution in [0.25, 0.3) is 0 Å². The zero-order valence-corrected chi connectivity index (χ0v) is 14.4. The van der Waals surface area contributed by atoms with E-state index < -0.39 is 29.5 Å². The van der Waals surface area contributed by atoms with Gasteiger partial charge in [0.1, 0.15) is 6.04 Å². The molecule has 0 amide bonds. The van der Waals surface area contributed by atoms with Gasteiger partial charge in [-0.05, 0) is 23.8 Å². The number of benzene rings is 1. The molecule has 2 rings (SSSR count). The zero-order valence-electron chi connectivity index (χ0n) is 12.0. The first kappa shape index (κ1) is 23.6. The van der Waals surface area contributed by atoms with Gasteiger partial charge < -0.3 is 5.32 Å². The van der Waals surface area contributed by atoms with Crippen LogP contribution >= 0.6 is 36.4 Å². The highest BCUT2D eigenvalue weighted by atomic mass is 35.5. The molecule has 2 nitrogen and oxygen atoms in total. The van der Waals surface area contributed by atoms with Crippen LogP contribution in [0, 0.1) is 0 Å². The molecule has 0 bridgehead atoms. The van der Waals surface area contributed by atoms with E-state index in [0.29, 0.717) is 25.2 Å². The van der Waals surface area contributed by atoms with Gasteiger partial charge in [-0.1, -0.05) is 11.6 Å². The van der Waals surface area contributed by atoms with Crippen molar-refractivity contribution < 1.29 is 26.3 Å². The summed E-state index contributed by atoms with van der Waals surface area (Å²) in [6.07, 6.45) is -9.44. The highest BCUT2D eigenvalue weighted by Gasteiger charge is 2.46. The summed E-state index contributed by atoms with van der Waals surface area (Å²) in [6, 6.07) is -0.121. The van der Waals surface area contributed by atoms with Crippen LogP contribution in [0.3, 0.4) is 0 Å². The molecular formula is C13H15Cl3F6N2. The number of alkyl halides is 6. The predicted octanol–water partition coefficient (Wildman–Crippen LogP) is 4.71. The van der Waals surface area contributed by atoms with Gasteiger partial charge in [0.05, 0.1) is 5.56 Å². The summed E-state index contributed by atoms with van der Waals surface area (Å²) in [7, 11) is 0. The molecule has 0 aromatic heterocycles. The summed E-state index contributed by atoms with van der Waals surface area (Å²) in [4.78, 5) is 1.10. The average Bonchev–Trinajstić information content (AvgIpc) is 2.39. The maximum absolute atomic E-state index is 13.4. The normalized spacial score (nSPS) is 17.6. The lowest BCUT2D eigenvalue weighted by Gasteiger charge is -2.36. The molecule has 0 saturated carbocycles. The minimum atomic E-state index is -4.72. The molecule has 1 atom stereocenters. The Morgan fingerprint density at radius 1 is 1.00 bits per heavy atom. The van der Waals surface area contributed by atoms with Crippen LogP contribution in [0.1, 0.15) is 17.2 Å². The third kappa shape index (κ3) is 5.56. The van der Waals surface area contributed by atoms with Crippen molar-refractivity contribution >= 4 is 36.4 Å². The third-order valence-corrected chi connectivity index (χ3v) is 3.79. The second-order valence-electron chi connectivity index (χ2n) is 4.96. The summed E-state index contributed by atoms with van der Waals surface area (Å²) < 4.78 is 78.5. The van der Waals surface area contributed by atoms with Gasteiger partial charge in [-0.3, -0.25) is 4.90 Å². The molecule has 1 heterocycles. The van der Waals surface area contributed by atoms with E-state index in [2.05, 4.69) is 5.32 Å². The van der Waals surface area contributed by atoms with Gasteiger partial charge in [0.15, 0.2) is 0 Å². The summed E-state index contributed by atoms with van der Waals surface area (Å²) >= 11 is 5.76. The Labute approximate surface area is 152 Å². The SMILES string of the molecule is Cl.Cl.FC(F)(F)c1ccc(Cl)c([C@@H](N2CCNCC2)C(F)(F)F)c1. The Kier molecular flexibility index (Phi) is 8.65. The van der Waals surface area contributed by atoms with Crippen LogP contribution in [-0.2, 0) is 6.18 Å². The summed E-state index contributed by atoms with van der Waals surface area (Å²) in [5.74, 6) is 0. The molecule has 1 aliphatic rings. The third-order valence-electron chi connectivity index (χ3n) is 3.44. The van der Waals surface area contributed by atoms with Crippen molar-refractivity contribution in [3.8, 4) is 0 Å². The van der Waals surface area contributed by atoms with Crippen molar-refractivity contribution in [3.05, 3.63) is 34.3 Å². The number of hydrogen-bond donors (Lipinski definition) is 1. The Balaban J connectivity index is 0.00000264. The van der Waals surface area contributed by atoms with Crippen LogP contribution in [0.5, 0.6) is 0 Å². The van der Waals surface area contributed by atoms with E-state index in [1.54, 1.807) is 0 Å². The lowest BCUT2D eigenvalue weighted by Crippen LogP contribution is -2.49. The molecule has 0 unspecified atom stereocenters. The number of nitrogens with one attached hydrogen (secondary N) is 1. The first-order valence-electron chi connectivity index (χ1n) is 6.49. The molecule has 140 valence electrons. The second kappa shape index (κ2) is 8.80. The van der Waals surface area contributed by atoms with E-state index in [9.17, 15) is 26.3 Å². The minimum absolute atomic E-state index is 0. The highest BCUT2D eigenvalue weighted by molar-refractivity contribution is 6.31. The van der Waals surface area contributed by atoms with Gasteiger partial charge in [-0.15, -0.1) is 24.8 Å². The largest absolute Gasteiger partial charge is 0.416 e. The molecule has 1 aromatic carbocycles. The van der Waals surface area contributed by atoms with Crippen molar-refractivity contribution in [1.29, 1.82) is 0 Å². The van der Waals surface area contributed by atoms with Crippen LogP contribution in [0.2, 0.25) is 5.02 Å². The van der Waals surface area contributed by atoms with Crippen molar-refractivity contribution in [2.45, 2.75) is 18.4 Å². The van der Waals surface area contributed by atoms with Crippen molar-refractivity contribution in [2.24, 2.45) is 0 Å². The van der Waals surface area contributed by atoms with Gasteiger partial charge >= 0.3 is 12.4 Å². The Morgan fingerprint density at radius 2 is 1.54 bits per heavy atom. The quantitative estimate of drug-likeness (QED) is 0.699. The molecule has 1 saturated heterocycles. The van der Waals surface area contributed by atoms with Gasteiger partial charge in [-0.25, -0.2) is 0 Å². The lowest BCUT2D eigenvalue weighted by molar-refractivity contribution is -0.188. The van der Waals surface area contributed by atoms with Crippen LogP contribution in [-0.4, -0.2) is 37.3 Å². The molecule has 11 heteroatoms. The van der Waals surface area contributed by atoms with Gasteiger partial charge in [0.25, 0.3) is 0 Å². The van der Waals surface area contributed by atoms with E-state index in [-0.39, 0.29) is 42.9 Å². The zero-order chi connectivity index (χ0) is 16.5. The highest BCUT2D eigenvalue weighted by Crippen LogP contribution is 2.42. The fraction of sp³-hybridized carbons (Fsp3) is 0.538. The molecule has 1 aromatic rings. The van der Waals surface area contributed by atoms with E-state index in [0.717, 1.165) is 11.0 Å². The molecule has 1 aliphatic heterocycles. The smallest absolute Gasteiger partial charge is 0.314 e. The average molecular weight is 420 g/mol. The second-order valence-corrected chi connectivity index (χ2v) is 5.37. The molecule has 1 fully saturated rings. The topological polar surface area (TPSA) is 15.3 Å². The molecule has 24 heavy (non-hydrogen) atoms. The number of nitrogens with zero attached hydrogens (tertiary/aromatic N) is 1. The number of halogens is 9. The van der Waals surface area contributed by atoms with Crippen LogP contribution < -0.4 is 5.32 Å². The maximum atomic E-state index is 13.4. The number of rotatable bonds is 2. The van der Waals surface area contributed by atoms with Crippen molar-refractivity contribution in [1.82, 2.24) is 10.2 Å². The van der Waals surface area contributed by atoms with Crippen molar-refractivity contribution in [2.75, 3.05) is 26.2 Å². The van der Waals surface area contributed by atoms with Crippen LogP contribution in [0.15, 0.2) is 18.2 Å². The number of piperazine rings is 1. The van der Waals surface area contributed by atoms with Gasteiger partial charge in [0, 0.05) is 31.2 Å². The number of hydrogen-bond acceptors (Lipinski definition) is 2. The predicted molar refractivity (Wildman–Crippen MR) is 84.2 cm³/mol. The lowest BCUT2D eigenvalue weighted by atomic mass is 10.0.